The summed E-state index contributed by atoms with van der Waals surface area (Å²) in [5, 5.41) is 9.40. The van der Waals surface area contributed by atoms with E-state index in [1.807, 2.05) is 0 Å². The van der Waals surface area contributed by atoms with E-state index in [1.165, 1.54) is 6.66 Å². The van der Waals surface area contributed by atoms with Gasteiger partial charge in [-0.05, 0) is 13.8 Å². The minimum atomic E-state index is -2.67. The van der Waals surface area contributed by atoms with Gasteiger partial charge in [0.1, 0.15) is 6.35 Å². The van der Waals surface area contributed by atoms with Crippen molar-refractivity contribution in [3.05, 3.63) is 0 Å². The average molecular weight is 238 g/mol. The second kappa shape index (κ2) is 5.41. The smallest absolute Gasteiger partial charge is 0.225 e. The van der Waals surface area contributed by atoms with E-state index in [9.17, 15) is 9.67 Å². The Hall–Kier alpha value is 0.0700. The lowest BCUT2D eigenvalue weighted by molar-refractivity contribution is -0.120. The fraction of sp³-hybridized carbons (Fsp3) is 1.00. The Balaban J connectivity index is 2.29. The summed E-state index contributed by atoms with van der Waals surface area (Å²) in [7, 11) is -2.67. The van der Waals surface area contributed by atoms with Crippen molar-refractivity contribution < 1.29 is 23.7 Å². The van der Waals surface area contributed by atoms with Crippen LogP contribution in [0.2, 0.25) is 0 Å². The van der Waals surface area contributed by atoms with E-state index >= 15 is 0 Å². The van der Waals surface area contributed by atoms with Crippen LogP contribution in [0.25, 0.3) is 0 Å². The van der Waals surface area contributed by atoms with Gasteiger partial charge in [-0.15, -0.1) is 0 Å². The number of hydrogen-bond donors (Lipinski definition) is 1. The van der Waals surface area contributed by atoms with E-state index in [4.69, 9.17) is 14.0 Å². The minimum Gasteiger partial charge on any atom is -0.390 e. The quantitative estimate of drug-likeness (QED) is 0.733. The molecule has 0 aromatic rings. The van der Waals surface area contributed by atoms with Crippen LogP contribution in [-0.4, -0.2) is 43.2 Å². The molecule has 0 aliphatic carbocycles. The van der Waals surface area contributed by atoms with E-state index in [0.29, 0.717) is 13.0 Å². The van der Waals surface area contributed by atoms with Crippen LogP contribution < -0.4 is 0 Å². The van der Waals surface area contributed by atoms with Crippen LogP contribution >= 0.6 is 7.37 Å². The standard InChI is InChI=1S/C9H19O5P/c1-4-13-15(3,11)6-12-9-5-8(10)7(2)14-9/h7-10H,4-6H2,1-3H3/t7-,8?,9-,15?/m0/s1. The topological polar surface area (TPSA) is 65.0 Å². The average Bonchev–Trinajstić information content (AvgIpc) is 2.44. The molecule has 0 aromatic heterocycles. The Morgan fingerprint density at radius 2 is 2.27 bits per heavy atom. The van der Waals surface area contributed by atoms with Gasteiger partial charge in [-0.2, -0.15) is 0 Å². The molecule has 15 heavy (non-hydrogen) atoms. The molecule has 0 bridgehead atoms. The predicted molar refractivity (Wildman–Crippen MR) is 56.1 cm³/mol. The van der Waals surface area contributed by atoms with Gasteiger partial charge in [0.05, 0.1) is 18.8 Å². The van der Waals surface area contributed by atoms with Gasteiger partial charge < -0.3 is 19.1 Å². The minimum absolute atomic E-state index is 0.0327. The molecular weight excluding hydrogens is 219 g/mol. The van der Waals surface area contributed by atoms with Crippen molar-refractivity contribution in [3.63, 3.8) is 0 Å². The first-order chi connectivity index (χ1) is 6.94. The summed E-state index contributed by atoms with van der Waals surface area (Å²) in [5.74, 6) is 0. The predicted octanol–water partition coefficient (Wildman–Crippen LogP) is 1.40. The molecule has 0 saturated carbocycles. The monoisotopic (exact) mass is 238 g/mol. The molecule has 1 heterocycles. The van der Waals surface area contributed by atoms with E-state index in [-0.39, 0.29) is 12.5 Å². The normalized spacial score (nSPS) is 35.3. The van der Waals surface area contributed by atoms with Crippen molar-refractivity contribution >= 4 is 7.37 Å². The van der Waals surface area contributed by atoms with Crippen molar-refractivity contribution in [2.24, 2.45) is 0 Å². The molecule has 1 fully saturated rings. The van der Waals surface area contributed by atoms with Gasteiger partial charge in [0.25, 0.3) is 0 Å². The maximum atomic E-state index is 11.7. The molecule has 0 radical (unpaired) electrons. The Morgan fingerprint density at radius 3 is 2.73 bits per heavy atom. The molecule has 6 heteroatoms. The third-order valence-corrected chi connectivity index (χ3v) is 3.66. The molecule has 90 valence electrons. The van der Waals surface area contributed by atoms with Crippen LogP contribution in [0, 0.1) is 0 Å². The second-order valence-corrected chi connectivity index (χ2v) is 6.35. The van der Waals surface area contributed by atoms with Crippen molar-refractivity contribution in [1.82, 2.24) is 0 Å². The van der Waals surface area contributed by atoms with Crippen molar-refractivity contribution in [1.29, 1.82) is 0 Å². The first-order valence-electron chi connectivity index (χ1n) is 5.11. The van der Waals surface area contributed by atoms with Crippen LogP contribution in [0.1, 0.15) is 20.3 Å². The van der Waals surface area contributed by atoms with Crippen molar-refractivity contribution in [2.45, 2.75) is 38.8 Å². The number of rotatable bonds is 5. The van der Waals surface area contributed by atoms with Gasteiger partial charge >= 0.3 is 0 Å². The van der Waals surface area contributed by atoms with Gasteiger partial charge in [0.2, 0.25) is 7.37 Å². The zero-order chi connectivity index (χ0) is 11.5. The van der Waals surface area contributed by atoms with Crippen LogP contribution in [0.15, 0.2) is 0 Å². The third kappa shape index (κ3) is 4.21. The lowest BCUT2D eigenvalue weighted by atomic mass is 10.2. The van der Waals surface area contributed by atoms with Gasteiger partial charge in [0, 0.05) is 13.1 Å². The molecular formula is C9H19O5P. The molecule has 1 rings (SSSR count). The van der Waals surface area contributed by atoms with E-state index in [0.717, 1.165) is 0 Å². The molecule has 1 aliphatic rings. The maximum absolute atomic E-state index is 11.7. The molecule has 0 aromatic carbocycles. The summed E-state index contributed by atoms with van der Waals surface area (Å²) >= 11 is 0. The van der Waals surface area contributed by atoms with Gasteiger partial charge in [-0.25, -0.2) is 0 Å². The highest BCUT2D eigenvalue weighted by Crippen LogP contribution is 2.43. The molecule has 2 unspecified atom stereocenters. The van der Waals surface area contributed by atoms with Crippen LogP contribution in [0.5, 0.6) is 0 Å². The Bertz CT molecular complexity index is 235. The Kier molecular flexibility index (Phi) is 4.74. The van der Waals surface area contributed by atoms with Crippen molar-refractivity contribution in [2.75, 3.05) is 19.6 Å². The van der Waals surface area contributed by atoms with Crippen molar-refractivity contribution in [3.8, 4) is 0 Å². The molecule has 5 nitrogen and oxygen atoms in total. The summed E-state index contributed by atoms with van der Waals surface area (Å²) in [6.07, 6.45) is -0.737. The molecule has 0 spiro atoms. The number of hydrogen-bond acceptors (Lipinski definition) is 5. The summed E-state index contributed by atoms with van der Waals surface area (Å²) in [4.78, 5) is 0. The maximum Gasteiger partial charge on any atom is 0.225 e. The largest absolute Gasteiger partial charge is 0.390 e. The molecule has 1 aliphatic heterocycles. The van der Waals surface area contributed by atoms with Crippen LogP contribution in [0.4, 0.5) is 0 Å². The number of ether oxygens (including phenoxy) is 2. The molecule has 4 atom stereocenters. The zero-order valence-electron chi connectivity index (χ0n) is 9.38. The first kappa shape index (κ1) is 13.1. The Labute approximate surface area is 90.2 Å². The SMILES string of the molecule is CCOP(C)(=O)CO[C@@H]1CC(O)[C@H](C)O1. The number of aliphatic hydroxyl groups excluding tert-OH is 1. The molecule has 0 amide bonds. The molecule has 1 N–H and O–H groups in total. The summed E-state index contributed by atoms with van der Waals surface area (Å²) in [5.41, 5.74) is 0. The lowest BCUT2D eigenvalue weighted by Gasteiger charge is -2.16. The first-order valence-corrected chi connectivity index (χ1v) is 7.36. The fourth-order valence-corrected chi connectivity index (χ4v) is 2.47. The van der Waals surface area contributed by atoms with Gasteiger partial charge in [0.15, 0.2) is 6.29 Å². The van der Waals surface area contributed by atoms with E-state index in [1.54, 1.807) is 13.8 Å². The van der Waals surface area contributed by atoms with Gasteiger partial charge in [-0.1, -0.05) is 0 Å². The highest BCUT2D eigenvalue weighted by molar-refractivity contribution is 7.57. The van der Waals surface area contributed by atoms with Crippen LogP contribution in [0.3, 0.4) is 0 Å². The third-order valence-electron chi connectivity index (χ3n) is 2.24. The fourth-order valence-electron chi connectivity index (χ4n) is 1.41. The summed E-state index contributed by atoms with van der Waals surface area (Å²) in [6.45, 7) is 5.50. The van der Waals surface area contributed by atoms with Crippen LogP contribution in [-0.2, 0) is 18.6 Å². The molecule has 1 saturated heterocycles. The summed E-state index contributed by atoms with van der Waals surface area (Å²) in [6, 6.07) is 0. The Morgan fingerprint density at radius 1 is 1.60 bits per heavy atom. The van der Waals surface area contributed by atoms with E-state index < -0.39 is 19.8 Å². The lowest BCUT2D eigenvalue weighted by Crippen LogP contribution is -2.15. The van der Waals surface area contributed by atoms with E-state index in [2.05, 4.69) is 0 Å². The van der Waals surface area contributed by atoms with Gasteiger partial charge in [-0.3, -0.25) is 4.57 Å². The number of aliphatic hydroxyl groups is 1. The highest BCUT2D eigenvalue weighted by Gasteiger charge is 2.32. The summed E-state index contributed by atoms with van der Waals surface area (Å²) < 4.78 is 27.3. The highest BCUT2D eigenvalue weighted by atomic mass is 31.2. The zero-order valence-corrected chi connectivity index (χ0v) is 10.3. The second-order valence-electron chi connectivity index (χ2n) is 3.80.